The molecule has 4 rings (SSSR count). The summed E-state index contributed by atoms with van der Waals surface area (Å²) in [6.45, 7) is 0.289. The maximum atomic E-state index is 12.6. The number of ether oxygens (including phenoxy) is 1. The number of nitrogens with zero attached hydrogens (tertiary/aromatic N) is 1. The van der Waals surface area contributed by atoms with Gasteiger partial charge in [0, 0.05) is 10.5 Å². The summed E-state index contributed by atoms with van der Waals surface area (Å²) < 4.78 is 5.81. The first kappa shape index (κ1) is 20.4. The van der Waals surface area contributed by atoms with Crippen LogP contribution in [0, 0.1) is 0 Å². The molecule has 1 amide bonds. The van der Waals surface area contributed by atoms with Gasteiger partial charge in [-0.25, -0.2) is 5.43 Å². The lowest BCUT2D eigenvalue weighted by molar-refractivity contribution is 0.0950. The molecule has 0 fully saturated rings. The summed E-state index contributed by atoms with van der Waals surface area (Å²) in [5, 5.41) is 5.46. The number of amides is 1. The number of halogens is 1. The number of benzene rings is 3. The van der Waals surface area contributed by atoms with Crippen molar-refractivity contribution >= 4 is 34.6 Å². The summed E-state index contributed by atoms with van der Waals surface area (Å²) in [5.74, 6) is -0.0196. The third kappa shape index (κ3) is 4.99. The molecule has 0 saturated carbocycles. The van der Waals surface area contributed by atoms with Gasteiger partial charge in [0.2, 0.25) is 0 Å². The summed E-state index contributed by atoms with van der Waals surface area (Å²) in [5.41, 5.74) is 4.49. The molecule has 0 aliphatic rings. The van der Waals surface area contributed by atoms with Crippen molar-refractivity contribution in [2.45, 2.75) is 6.61 Å². The van der Waals surface area contributed by atoms with Crippen molar-refractivity contribution in [2.24, 2.45) is 5.10 Å². The normalized spacial score (nSPS) is 11.0. The lowest BCUT2D eigenvalue weighted by atomic mass is 10.2. The van der Waals surface area contributed by atoms with Crippen LogP contribution in [0.1, 0.15) is 21.5 Å². The minimum Gasteiger partial charge on any atom is -0.488 e. The fraction of sp³-hybridized carbons (Fsp3) is 0.0417. The van der Waals surface area contributed by atoms with E-state index >= 15 is 0 Å². The van der Waals surface area contributed by atoms with Gasteiger partial charge >= 0.3 is 0 Å². The summed E-state index contributed by atoms with van der Waals surface area (Å²) >= 11 is 5.90. The molecule has 3 aromatic carbocycles. The van der Waals surface area contributed by atoms with Gasteiger partial charge in [0.1, 0.15) is 12.4 Å². The Morgan fingerprint density at radius 2 is 1.77 bits per heavy atom. The van der Waals surface area contributed by atoms with E-state index in [0.717, 1.165) is 16.5 Å². The third-order valence-corrected chi connectivity index (χ3v) is 4.84. The van der Waals surface area contributed by atoms with Crippen molar-refractivity contribution in [1.29, 1.82) is 0 Å². The highest BCUT2D eigenvalue weighted by Gasteiger charge is 2.11. The van der Waals surface area contributed by atoms with Gasteiger partial charge in [-0.15, -0.1) is 0 Å². The van der Waals surface area contributed by atoms with Gasteiger partial charge < -0.3 is 9.72 Å². The number of carbonyl (C=O) groups excluding carboxylic acids is 1. The number of nitrogens with one attached hydrogen (secondary N) is 2. The molecule has 154 valence electrons. The number of hydrogen-bond donors (Lipinski definition) is 2. The first-order chi connectivity index (χ1) is 15.1. The average Bonchev–Trinajstić information content (AvgIpc) is 2.79. The number of pyridine rings is 1. The minimum absolute atomic E-state index is 0.289. The number of aromatic amines is 1. The summed E-state index contributed by atoms with van der Waals surface area (Å²) in [6.07, 6.45) is 1.32. The zero-order valence-electron chi connectivity index (χ0n) is 16.3. The highest BCUT2D eigenvalue weighted by molar-refractivity contribution is 6.30. The van der Waals surface area contributed by atoms with Gasteiger partial charge in [-0.05, 0) is 47.3 Å². The average molecular weight is 432 g/mol. The topological polar surface area (TPSA) is 83.5 Å². The second-order valence-electron chi connectivity index (χ2n) is 6.75. The fourth-order valence-corrected chi connectivity index (χ4v) is 3.13. The summed E-state index contributed by atoms with van der Waals surface area (Å²) in [4.78, 5) is 27.6. The highest BCUT2D eigenvalue weighted by atomic mass is 35.5. The van der Waals surface area contributed by atoms with E-state index in [-0.39, 0.29) is 12.2 Å². The maximum absolute atomic E-state index is 12.6. The van der Waals surface area contributed by atoms with Crippen LogP contribution in [-0.2, 0) is 6.61 Å². The van der Waals surface area contributed by atoms with Crippen molar-refractivity contribution in [3.63, 3.8) is 0 Å². The number of para-hydroxylation sites is 2. The maximum Gasteiger partial charge on any atom is 0.275 e. The van der Waals surface area contributed by atoms with Crippen molar-refractivity contribution in [2.75, 3.05) is 0 Å². The Labute approximate surface area is 183 Å². The van der Waals surface area contributed by atoms with E-state index in [1.54, 1.807) is 42.5 Å². The van der Waals surface area contributed by atoms with Crippen LogP contribution in [0.2, 0.25) is 5.02 Å². The van der Waals surface area contributed by atoms with Crippen LogP contribution in [0.15, 0.2) is 88.8 Å². The lowest BCUT2D eigenvalue weighted by Crippen LogP contribution is -2.20. The number of rotatable bonds is 6. The van der Waals surface area contributed by atoms with Gasteiger partial charge in [0.05, 0.1) is 17.3 Å². The fourth-order valence-electron chi connectivity index (χ4n) is 3.00. The minimum atomic E-state index is -0.444. The Hall–Kier alpha value is -3.90. The number of hydrazone groups is 1. The molecule has 31 heavy (non-hydrogen) atoms. The lowest BCUT2D eigenvalue weighted by Gasteiger charge is -2.10. The molecule has 2 N–H and O–H groups in total. The second kappa shape index (κ2) is 9.28. The van der Waals surface area contributed by atoms with Crippen LogP contribution >= 0.6 is 11.6 Å². The van der Waals surface area contributed by atoms with Crippen LogP contribution < -0.4 is 15.7 Å². The standard InChI is InChI=1S/C24H18ClN3O3/c25-19-11-9-16(10-12-19)15-31-22-8-4-2-6-20(22)24(30)28-26-14-18-13-17-5-1-3-7-21(17)27-23(18)29/h1-14H,15H2,(H,27,29)(H,28,30)/b26-14-. The largest absolute Gasteiger partial charge is 0.488 e. The molecule has 7 heteroatoms. The Kier molecular flexibility index (Phi) is 6.10. The summed E-state index contributed by atoms with van der Waals surface area (Å²) in [7, 11) is 0. The smallest absolute Gasteiger partial charge is 0.275 e. The van der Waals surface area contributed by atoms with Crippen LogP contribution in [0.5, 0.6) is 5.75 Å². The monoisotopic (exact) mass is 431 g/mol. The molecular weight excluding hydrogens is 414 g/mol. The quantitative estimate of drug-likeness (QED) is 0.347. The van der Waals surface area contributed by atoms with E-state index < -0.39 is 5.91 Å². The van der Waals surface area contributed by atoms with E-state index in [1.807, 2.05) is 36.4 Å². The third-order valence-electron chi connectivity index (χ3n) is 4.59. The number of fused-ring (bicyclic) bond motifs is 1. The zero-order valence-corrected chi connectivity index (χ0v) is 17.1. The van der Waals surface area contributed by atoms with Crippen molar-refractivity contribution < 1.29 is 9.53 Å². The number of H-pyrrole nitrogens is 1. The Morgan fingerprint density at radius 1 is 1.03 bits per heavy atom. The molecule has 0 bridgehead atoms. The van der Waals surface area contributed by atoms with Crippen molar-refractivity contribution in [3.05, 3.63) is 111 Å². The predicted octanol–water partition coefficient (Wildman–Crippen LogP) is 4.52. The second-order valence-corrected chi connectivity index (χ2v) is 7.19. The Morgan fingerprint density at radius 3 is 2.61 bits per heavy atom. The molecule has 0 radical (unpaired) electrons. The van der Waals surface area contributed by atoms with E-state index in [9.17, 15) is 9.59 Å². The molecular formula is C24H18ClN3O3. The van der Waals surface area contributed by atoms with E-state index in [0.29, 0.717) is 21.9 Å². The first-order valence-electron chi connectivity index (χ1n) is 9.52. The van der Waals surface area contributed by atoms with Gasteiger partial charge in [0.25, 0.3) is 11.5 Å². The van der Waals surface area contributed by atoms with E-state index in [2.05, 4.69) is 15.5 Å². The van der Waals surface area contributed by atoms with Gasteiger partial charge in [-0.2, -0.15) is 5.10 Å². The van der Waals surface area contributed by atoms with Gasteiger partial charge in [0.15, 0.2) is 0 Å². The molecule has 0 aliphatic carbocycles. The van der Waals surface area contributed by atoms with Crippen LogP contribution in [0.25, 0.3) is 10.9 Å². The summed E-state index contributed by atoms with van der Waals surface area (Å²) in [6, 6.07) is 23.3. The first-order valence-corrected chi connectivity index (χ1v) is 9.90. The molecule has 1 heterocycles. The van der Waals surface area contributed by atoms with Gasteiger partial charge in [-0.1, -0.05) is 54.1 Å². The highest BCUT2D eigenvalue weighted by Crippen LogP contribution is 2.20. The number of hydrogen-bond acceptors (Lipinski definition) is 4. The molecule has 0 spiro atoms. The molecule has 6 nitrogen and oxygen atoms in total. The van der Waals surface area contributed by atoms with Crippen molar-refractivity contribution in [1.82, 2.24) is 10.4 Å². The molecule has 0 unspecified atom stereocenters. The molecule has 1 aromatic heterocycles. The van der Waals surface area contributed by atoms with Crippen LogP contribution in [-0.4, -0.2) is 17.1 Å². The molecule has 4 aromatic rings. The van der Waals surface area contributed by atoms with Crippen molar-refractivity contribution in [3.8, 4) is 5.75 Å². The molecule has 0 saturated heterocycles. The van der Waals surface area contributed by atoms with E-state index in [4.69, 9.17) is 16.3 Å². The Bertz CT molecular complexity index is 1310. The van der Waals surface area contributed by atoms with Crippen LogP contribution in [0.4, 0.5) is 0 Å². The van der Waals surface area contributed by atoms with E-state index in [1.165, 1.54) is 6.21 Å². The molecule has 0 aliphatic heterocycles. The zero-order chi connectivity index (χ0) is 21.6. The number of aromatic nitrogens is 1. The number of carbonyl (C=O) groups is 1. The predicted molar refractivity (Wildman–Crippen MR) is 122 cm³/mol. The SMILES string of the molecule is O=C(N/N=C\c1cc2ccccc2[nH]c1=O)c1ccccc1OCc1ccc(Cl)cc1. The van der Waals surface area contributed by atoms with Crippen LogP contribution in [0.3, 0.4) is 0 Å². The van der Waals surface area contributed by atoms with Gasteiger partial charge in [-0.3, -0.25) is 9.59 Å². The molecule has 0 atom stereocenters. The Balaban J connectivity index is 1.46.